The Morgan fingerprint density at radius 3 is 2.81 bits per heavy atom. The largest absolute Gasteiger partial charge is 0.493 e. The minimum Gasteiger partial charge on any atom is -0.493 e. The van der Waals surface area contributed by atoms with E-state index >= 15 is 0 Å². The van der Waals surface area contributed by atoms with Crippen molar-refractivity contribution >= 4 is 11.9 Å². The van der Waals surface area contributed by atoms with Crippen LogP contribution in [-0.4, -0.2) is 41.6 Å². The Balaban J connectivity index is 2.12. The van der Waals surface area contributed by atoms with E-state index in [2.05, 4.69) is 22.0 Å². The van der Waals surface area contributed by atoms with E-state index in [-0.39, 0.29) is 6.61 Å². The zero-order valence-electron chi connectivity index (χ0n) is 14.9. The Hall–Kier alpha value is -3.29. The van der Waals surface area contributed by atoms with Gasteiger partial charge in [0.05, 0.1) is 19.8 Å². The molecule has 0 spiro atoms. The number of nitrogens with one attached hydrogen (secondary N) is 1. The first-order chi connectivity index (χ1) is 12.6. The fourth-order valence-electron chi connectivity index (χ4n) is 2.90. The fraction of sp³-hybridized carbons (Fsp3) is 0.278. The quantitative estimate of drug-likeness (QED) is 0.628. The van der Waals surface area contributed by atoms with E-state index < -0.39 is 12.0 Å². The lowest BCUT2D eigenvalue weighted by Crippen LogP contribution is -2.29. The van der Waals surface area contributed by atoms with E-state index in [9.17, 15) is 4.79 Å². The number of carbonyl (C=O) groups excluding carboxylic acids is 1. The Kier molecular flexibility index (Phi) is 4.92. The summed E-state index contributed by atoms with van der Waals surface area (Å²) >= 11 is 0. The van der Waals surface area contributed by atoms with Gasteiger partial charge < -0.3 is 19.5 Å². The van der Waals surface area contributed by atoms with E-state index in [0.717, 1.165) is 5.56 Å². The molecule has 0 fully saturated rings. The molecule has 0 aliphatic carbocycles. The minimum atomic E-state index is -0.508. The van der Waals surface area contributed by atoms with Gasteiger partial charge in [-0.15, -0.1) is 0 Å². The maximum Gasteiger partial charge on any atom is 0.338 e. The second kappa shape index (κ2) is 7.30. The number of hydrogen-bond donors (Lipinski definition) is 1. The van der Waals surface area contributed by atoms with Gasteiger partial charge in [-0.05, 0) is 24.6 Å². The van der Waals surface area contributed by atoms with Crippen LogP contribution >= 0.6 is 0 Å². The number of benzene rings is 1. The number of carbonyl (C=O) groups is 1. The molecule has 1 aromatic heterocycles. The molecule has 2 aromatic rings. The Labute approximate surface area is 151 Å². The highest BCUT2D eigenvalue weighted by Crippen LogP contribution is 2.38. The van der Waals surface area contributed by atoms with Crippen LogP contribution in [0.2, 0.25) is 0 Å². The van der Waals surface area contributed by atoms with E-state index in [1.807, 2.05) is 12.1 Å². The normalized spacial score (nSPS) is 15.7. The molecule has 1 aliphatic heterocycles. The van der Waals surface area contributed by atoms with Crippen LogP contribution in [0.5, 0.6) is 11.5 Å². The lowest BCUT2D eigenvalue weighted by molar-refractivity contribution is -0.138. The van der Waals surface area contributed by atoms with Gasteiger partial charge in [0.1, 0.15) is 19.0 Å². The highest BCUT2D eigenvalue weighted by atomic mass is 16.5. The van der Waals surface area contributed by atoms with Crippen LogP contribution in [0.15, 0.2) is 48.5 Å². The molecule has 26 heavy (non-hydrogen) atoms. The van der Waals surface area contributed by atoms with Crippen molar-refractivity contribution in [3.8, 4) is 11.5 Å². The molecular formula is C18H20N4O4. The molecule has 0 bridgehead atoms. The van der Waals surface area contributed by atoms with Crippen LogP contribution in [0.25, 0.3) is 0 Å². The third kappa shape index (κ3) is 3.01. The molecule has 8 nitrogen and oxygen atoms in total. The van der Waals surface area contributed by atoms with E-state index in [4.69, 9.17) is 14.2 Å². The molecule has 136 valence electrons. The summed E-state index contributed by atoms with van der Waals surface area (Å²) in [7, 11) is 3.13. The highest BCUT2D eigenvalue weighted by molar-refractivity contribution is 5.92. The number of ether oxygens (including phenoxy) is 3. The number of allylic oxidation sites excluding steroid dienone is 1. The zero-order chi connectivity index (χ0) is 18.7. The average molecular weight is 356 g/mol. The molecule has 0 saturated heterocycles. The number of aromatic nitrogens is 3. The summed E-state index contributed by atoms with van der Waals surface area (Å²) in [5, 5.41) is 7.35. The van der Waals surface area contributed by atoms with E-state index in [1.54, 1.807) is 31.9 Å². The van der Waals surface area contributed by atoms with Gasteiger partial charge in [-0.2, -0.15) is 10.1 Å². The number of rotatable bonds is 6. The summed E-state index contributed by atoms with van der Waals surface area (Å²) in [6.45, 7) is 5.50. The molecule has 0 saturated carbocycles. The third-order valence-electron chi connectivity index (χ3n) is 4.07. The van der Waals surface area contributed by atoms with Crippen LogP contribution in [0.4, 0.5) is 5.95 Å². The number of fused-ring (bicyclic) bond motifs is 1. The molecule has 1 atom stereocenters. The molecule has 3 rings (SSSR count). The first-order valence-corrected chi connectivity index (χ1v) is 7.98. The molecule has 0 radical (unpaired) electrons. The predicted molar refractivity (Wildman–Crippen MR) is 95.2 cm³/mol. The van der Waals surface area contributed by atoms with Crippen LogP contribution in [0, 0.1) is 0 Å². The summed E-state index contributed by atoms with van der Waals surface area (Å²) in [5.41, 5.74) is 1.89. The van der Waals surface area contributed by atoms with Crippen molar-refractivity contribution in [1.29, 1.82) is 0 Å². The van der Waals surface area contributed by atoms with Crippen molar-refractivity contribution in [3.63, 3.8) is 0 Å². The zero-order valence-corrected chi connectivity index (χ0v) is 14.9. The lowest BCUT2D eigenvalue weighted by atomic mass is 9.95. The van der Waals surface area contributed by atoms with Crippen molar-refractivity contribution < 1.29 is 19.0 Å². The topological polar surface area (TPSA) is 87.5 Å². The fourth-order valence-corrected chi connectivity index (χ4v) is 2.90. The highest BCUT2D eigenvalue weighted by Gasteiger charge is 2.34. The molecule has 1 N–H and O–H groups in total. The first-order valence-electron chi connectivity index (χ1n) is 7.98. The van der Waals surface area contributed by atoms with Gasteiger partial charge in [-0.25, -0.2) is 9.48 Å². The van der Waals surface area contributed by atoms with Crippen molar-refractivity contribution in [3.05, 3.63) is 54.0 Å². The van der Waals surface area contributed by atoms with Crippen LogP contribution in [0.1, 0.15) is 18.5 Å². The van der Waals surface area contributed by atoms with Gasteiger partial charge in [-0.1, -0.05) is 18.7 Å². The molecule has 0 unspecified atom stereocenters. The van der Waals surface area contributed by atoms with E-state index in [1.165, 1.54) is 12.4 Å². The second-order valence-corrected chi connectivity index (χ2v) is 5.60. The van der Waals surface area contributed by atoms with Crippen LogP contribution < -0.4 is 14.8 Å². The van der Waals surface area contributed by atoms with Gasteiger partial charge in [0.25, 0.3) is 0 Å². The Morgan fingerprint density at radius 2 is 2.12 bits per heavy atom. The maximum atomic E-state index is 12.7. The van der Waals surface area contributed by atoms with Crippen LogP contribution in [-0.2, 0) is 9.53 Å². The molecule has 1 aliphatic rings. The second-order valence-electron chi connectivity index (χ2n) is 5.60. The van der Waals surface area contributed by atoms with Crippen molar-refractivity contribution in [1.82, 2.24) is 14.8 Å². The monoisotopic (exact) mass is 356 g/mol. The third-order valence-corrected chi connectivity index (χ3v) is 4.07. The van der Waals surface area contributed by atoms with Gasteiger partial charge >= 0.3 is 5.97 Å². The minimum absolute atomic E-state index is 0.123. The average Bonchev–Trinajstić information content (AvgIpc) is 3.12. The first kappa shape index (κ1) is 17.5. The van der Waals surface area contributed by atoms with Crippen molar-refractivity contribution in [2.75, 3.05) is 26.1 Å². The molecule has 8 heteroatoms. The summed E-state index contributed by atoms with van der Waals surface area (Å²) < 4.78 is 17.6. The van der Waals surface area contributed by atoms with Gasteiger partial charge in [-0.3, -0.25) is 0 Å². The number of anilines is 1. The van der Waals surface area contributed by atoms with Gasteiger partial charge in [0.2, 0.25) is 5.95 Å². The number of nitrogens with zero attached hydrogens (tertiary/aromatic N) is 3. The molecular weight excluding hydrogens is 336 g/mol. The predicted octanol–water partition coefficient (Wildman–Crippen LogP) is 2.31. The summed E-state index contributed by atoms with van der Waals surface area (Å²) in [6.07, 6.45) is 2.96. The molecule has 1 aromatic carbocycles. The van der Waals surface area contributed by atoms with Crippen molar-refractivity contribution in [2.45, 2.75) is 13.0 Å². The summed E-state index contributed by atoms with van der Waals surface area (Å²) in [6, 6.07) is 4.95. The van der Waals surface area contributed by atoms with Gasteiger partial charge in [0, 0.05) is 5.70 Å². The number of methoxy groups -OCH3 is 2. The Morgan fingerprint density at radius 1 is 1.35 bits per heavy atom. The number of hydrogen-bond acceptors (Lipinski definition) is 7. The van der Waals surface area contributed by atoms with Gasteiger partial charge in [0.15, 0.2) is 11.5 Å². The molecule has 2 heterocycles. The smallest absolute Gasteiger partial charge is 0.338 e. The number of esters is 1. The SMILES string of the molecule is C=CCOC(=O)C1=C(C)Nc2ncnn2[C@H]1c1ccc(OC)c(OC)c1. The van der Waals surface area contributed by atoms with E-state index in [0.29, 0.717) is 28.7 Å². The summed E-state index contributed by atoms with van der Waals surface area (Å²) in [5.74, 6) is 1.25. The summed E-state index contributed by atoms with van der Waals surface area (Å²) in [4.78, 5) is 16.9. The van der Waals surface area contributed by atoms with Crippen LogP contribution in [0.3, 0.4) is 0 Å². The van der Waals surface area contributed by atoms with Crippen molar-refractivity contribution in [2.24, 2.45) is 0 Å². The molecule has 0 amide bonds. The lowest BCUT2D eigenvalue weighted by Gasteiger charge is -2.28. The Bertz CT molecular complexity index is 872. The maximum absolute atomic E-state index is 12.7. The standard InChI is InChI=1S/C18H20N4O4/c1-5-8-26-17(23)15-11(2)21-18-19-10-20-22(18)16(15)12-6-7-13(24-3)14(9-12)25-4/h5-7,9-10,16H,1,8H2,2-4H3,(H,19,20,21)/t16-/m0/s1.